The van der Waals surface area contributed by atoms with Crippen molar-refractivity contribution in [1.29, 1.82) is 0 Å². The van der Waals surface area contributed by atoms with E-state index in [2.05, 4.69) is 47.6 Å². The summed E-state index contributed by atoms with van der Waals surface area (Å²) in [7, 11) is 0. The lowest BCUT2D eigenvalue weighted by Crippen LogP contribution is -2.47. The maximum absolute atomic E-state index is 13.3. The van der Waals surface area contributed by atoms with E-state index in [0.717, 1.165) is 38.5 Å². The minimum atomic E-state index is -0.0612. The number of carbonyl (C=O) groups excluding carboxylic acids is 3. The third-order valence-electron chi connectivity index (χ3n) is 8.96. The van der Waals surface area contributed by atoms with Gasteiger partial charge in [-0.2, -0.15) is 0 Å². The number of hydrogen-bond donors (Lipinski definition) is 0. The molecule has 3 nitrogen and oxygen atoms in total. The van der Waals surface area contributed by atoms with Gasteiger partial charge in [-0.05, 0) is 74.9 Å². The summed E-state index contributed by atoms with van der Waals surface area (Å²) in [6.07, 6.45) is 14.2. The summed E-state index contributed by atoms with van der Waals surface area (Å²) in [6, 6.07) is 0. The smallest absolute Gasteiger partial charge is 0.155 e. The van der Waals surface area contributed by atoms with E-state index in [1.807, 2.05) is 6.08 Å². The highest BCUT2D eigenvalue weighted by Gasteiger charge is 2.51. The molecule has 5 unspecified atom stereocenters. The lowest BCUT2D eigenvalue weighted by Gasteiger charge is -2.53. The Bertz CT molecular complexity index is 814. The highest BCUT2D eigenvalue weighted by Crippen LogP contribution is 2.59. The van der Waals surface area contributed by atoms with Crippen LogP contribution in [0, 0.1) is 28.6 Å². The molecule has 0 saturated heterocycles. The second kappa shape index (κ2) is 10.9. The van der Waals surface area contributed by atoms with Crippen LogP contribution in [-0.4, -0.2) is 17.3 Å². The molecule has 0 amide bonds. The van der Waals surface area contributed by atoms with Crippen molar-refractivity contribution in [3.05, 3.63) is 35.5 Å². The van der Waals surface area contributed by atoms with E-state index in [-0.39, 0.29) is 34.1 Å². The first-order chi connectivity index (χ1) is 15.1. The van der Waals surface area contributed by atoms with Crippen LogP contribution in [0.3, 0.4) is 0 Å². The van der Waals surface area contributed by atoms with Crippen LogP contribution in [0.25, 0.3) is 0 Å². The highest BCUT2D eigenvalue weighted by molar-refractivity contribution is 5.92. The van der Waals surface area contributed by atoms with Gasteiger partial charge in [0.25, 0.3) is 0 Å². The van der Waals surface area contributed by atoms with Crippen LogP contribution >= 0.6 is 0 Å². The molecule has 0 saturated carbocycles. The molecule has 178 valence electrons. The van der Waals surface area contributed by atoms with Crippen molar-refractivity contribution in [1.82, 2.24) is 0 Å². The van der Waals surface area contributed by atoms with E-state index in [1.165, 1.54) is 24.1 Å². The Morgan fingerprint density at radius 3 is 2.38 bits per heavy atom. The van der Waals surface area contributed by atoms with Gasteiger partial charge >= 0.3 is 0 Å². The van der Waals surface area contributed by atoms with Gasteiger partial charge in [0.05, 0.1) is 0 Å². The van der Waals surface area contributed by atoms with Gasteiger partial charge in [0.1, 0.15) is 5.78 Å². The molecular weight excluding hydrogens is 396 g/mol. The summed E-state index contributed by atoms with van der Waals surface area (Å²) < 4.78 is 0. The normalized spacial score (nSPS) is 31.9. The molecule has 0 aliphatic heterocycles. The monoisotopic (exact) mass is 440 g/mol. The van der Waals surface area contributed by atoms with Crippen LogP contribution in [0.2, 0.25) is 0 Å². The van der Waals surface area contributed by atoms with Gasteiger partial charge in [-0.15, -0.1) is 0 Å². The summed E-state index contributed by atoms with van der Waals surface area (Å²) in [5.74, 6) is 1.23. The molecule has 0 radical (unpaired) electrons. The maximum Gasteiger partial charge on any atom is 0.155 e. The van der Waals surface area contributed by atoms with E-state index in [0.29, 0.717) is 24.7 Å². The van der Waals surface area contributed by atoms with Gasteiger partial charge in [-0.3, -0.25) is 14.4 Å². The molecule has 3 heteroatoms. The molecule has 2 aliphatic carbocycles. The summed E-state index contributed by atoms with van der Waals surface area (Å²) in [6.45, 7) is 15.0. The summed E-state index contributed by atoms with van der Waals surface area (Å²) in [5.41, 5.74) is 2.72. The van der Waals surface area contributed by atoms with E-state index < -0.39 is 0 Å². The Morgan fingerprint density at radius 1 is 1.16 bits per heavy atom. The van der Waals surface area contributed by atoms with Crippen molar-refractivity contribution in [2.75, 3.05) is 0 Å². The summed E-state index contributed by atoms with van der Waals surface area (Å²) >= 11 is 0. The lowest BCUT2D eigenvalue weighted by molar-refractivity contribution is -0.129. The standard InChI is InChI=1S/C29H44O3/c1-8-23-19-24(31)15-17-29(23,11-4)26-16-18-28(10-3,22(7)21(26)6)25(9-2)27(32)14-12-13-20(5)30/h12-13,16,19,21-22,25H,8-11,14-15,17-18H2,1-7H3/b13-12-. The van der Waals surface area contributed by atoms with Gasteiger partial charge in [0, 0.05) is 24.2 Å². The molecule has 0 bridgehead atoms. The van der Waals surface area contributed by atoms with Gasteiger partial charge in [-0.1, -0.05) is 64.8 Å². The van der Waals surface area contributed by atoms with E-state index in [1.54, 1.807) is 6.08 Å². The van der Waals surface area contributed by atoms with Crippen LogP contribution < -0.4 is 0 Å². The fourth-order valence-electron chi connectivity index (χ4n) is 6.96. The molecule has 0 heterocycles. The molecule has 5 atom stereocenters. The molecule has 0 aromatic heterocycles. The minimum absolute atomic E-state index is 0.00775. The minimum Gasteiger partial charge on any atom is -0.299 e. The van der Waals surface area contributed by atoms with Crippen LogP contribution in [0.4, 0.5) is 0 Å². The average molecular weight is 441 g/mol. The number of rotatable bonds is 10. The molecule has 0 aromatic carbocycles. The Hall–Kier alpha value is -1.77. The van der Waals surface area contributed by atoms with Gasteiger partial charge in [0.2, 0.25) is 0 Å². The van der Waals surface area contributed by atoms with E-state index in [4.69, 9.17) is 0 Å². The Balaban J connectivity index is 2.46. The van der Waals surface area contributed by atoms with Crippen LogP contribution in [0.1, 0.15) is 99.8 Å². The number of hydrogen-bond acceptors (Lipinski definition) is 3. The number of carbonyl (C=O) groups is 3. The van der Waals surface area contributed by atoms with Gasteiger partial charge < -0.3 is 0 Å². The molecule has 0 N–H and O–H groups in total. The van der Waals surface area contributed by atoms with Crippen molar-refractivity contribution in [3.63, 3.8) is 0 Å². The zero-order chi connectivity index (χ0) is 24.1. The van der Waals surface area contributed by atoms with Crippen LogP contribution in [0.15, 0.2) is 35.5 Å². The maximum atomic E-state index is 13.3. The quantitative estimate of drug-likeness (QED) is 0.266. The Labute approximate surface area is 195 Å². The molecule has 0 aromatic rings. The first-order valence-corrected chi connectivity index (χ1v) is 12.8. The molecule has 2 aliphatic rings. The average Bonchev–Trinajstić information content (AvgIpc) is 2.77. The second-order valence-corrected chi connectivity index (χ2v) is 10.1. The molecule has 32 heavy (non-hydrogen) atoms. The number of ketones is 3. The predicted molar refractivity (Wildman–Crippen MR) is 132 cm³/mol. The van der Waals surface area contributed by atoms with Crippen LogP contribution in [-0.2, 0) is 14.4 Å². The van der Waals surface area contributed by atoms with Crippen LogP contribution in [0.5, 0.6) is 0 Å². The van der Waals surface area contributed by atoms with E-state index >= 15 is 0 Å². The lowest BCUT2D eigenvalue weighted by atomic mass is 9.50. The van der Waals surface area contributed by atoms with Gasteiger partial charge in [-0.25, -0.2) is 0 Å². The Kier molecular flexibility index (Phi) is 9.02. The van der Waals surface area contributed by atoms with Gasteiger partial charge in [0.15, 0.2) is 11.6 Å². The first-order valence-electron chi connectivity index (χ1n) is 12.8. The molecule has 0 spiro atoms. The van der Waals surface area contributed by atoms with Crippen molar-refractivity contribution >= 4 is 17.3 Å². The third-order valence-corrected chi connectivity index (χ3v) is 8.96. The zero-order valence-corrected chi connectivity index (χ0v) is 21.4. The highest BCUT2D eigenvalue weighted by atomic mass is 16.1. The van der Waals surface area contributed by atoms with Crippen molar-refractivity contribution in [2.45, 2.75) is 99.8 Å². The fraction of sp³-hybridized carbons (Fsp3) is 0.690. The van der Waals surface area contributed by atoms with E-state index in [9.17, 15) is 14.4 Å². The SMILES string of the molecule is CCC1=CC(=O)CCC1(CC)C1=CCC(CC)(C(CC)C(=O)C/C=C\C(C)=O)C(C)C1C. The number of Topliss-reactive ketones (excluding diaryl/α,β-unsaturated/α-hetero) is 1. The van der Waals surface area contributed by atoms with Crippen molar-refractivity contribution in [3.8, 4) is 0 Å². The summed E-state index contributed by atoms with van der Waals surface area (Å²) in [4.78, 5) is 36.7. The predicted octanol–water partition coefficient (Wildman–Crippen LogP) is 7.21. The molecule has 0 fully saturated rings. The molecule has 2 rings (SSSR count). The second-order valence-electron chi connectivity index (χ2n) is 10.1. The van der Waals surface area contributed by atoms with Crippen molar-refractivity contribution in [2.24, 2.45) is 28.6 Å². The summed E-state index contributed by atoms with van der Waals surface area (Å²) in [5, 5.41) is 0. The Morgan fingerprint density at radius 2 is 1.84 bits per heavy atom. The molecular formula is C29H44O3. The largest absolute Gasteiger partial charge is 0.299 e. The zero-order valence-electron chi connectivity index (χ0n) is 21.4. The fourth-order valence-corrected chi connectivity index (χ4v) is 6.96. The number of allylic oxidation sites excluding steroid dienone is 6. The third kappa shape index (κ3) is 4.77. The first kappa shape index (κ1) is 26.5. The topological polar surface area (TPSA) is 51.2 Å². The van der Waals surface area contributed by atoms with Crippen molar-refractivity contribution < 1.29 is 14.4 Å².